The van der Waals surface area contributed by atoms with E-state index in [-0.39, 0.29) is 98.5 Å². The van der Waals surface area contributed by atoms with Gasteiger partial charge in [-0.25, -0.2) is 14.4 Å². The highest BCUT2D eigenvalue weighted by atomic mass is 35.5. The largest absolute Gasteiger partial charge is 0.495 e. The third-order valence-electron chi connectivity index (χ3n) is 15.9. The van der Waals surface area contributed by atoms with Crippen molar-refractivity contribution in [1.82, 2.24) is 30.2 Å². The number of ether oxygens (including phenoxy) is 7. The maximum Gasteiger partial charge on any atom is 0.410 e. The molecule has 1 aromatic carbocycles. The van der Waals surface area contributed by atoms with Crippen LogP contribution in [0.2, 0.25) is 5.02 Å². The number of alkyl carbamates (subject to hydrolysis) is 1. The molecule has 5 aliphatic rings. The molecule has 84 heavy (non-hydrogen) atoms. The van der Waals surface area contributed by atoms with Gasteiger partial charge in [-0.05, 0) is 76.0 Å². The molecule has 464 valence electrons. The highest BCUT2D eigenvalue weighted by molar-refractivity contribution is 8.13. The third-order valence-corrected chi connectivity index (χ3v) is 18.2. The molecule has 3 fully saturated rings. The summed E-state index contributed by atoms with van der Waals surface area (Å²) in [6.07, 6.45) is 6.60. The summed E-state index contributed by atoms with van der Waals surface area (Å²) < 4.78 is 41.2. The first-order valence-corrected chi connectivity index (χ1v) is 30.8. The number of likely N-dealkylation sites (tertiary alicyclic amines) is 1. The van der Waals surface area contributed by atoms with Crippen LogP contribution in [-0.2, 0) is 70.0 Å². The molecule has 3 aliphatic heterocycles. The van der Waals surface area contributed by atoms with Gasteiger partial charge in [0.2, 0.25) is 23.6 Å². The number of Topliss-reactive ketones (excluding diaryl/α,β-unsaturated/α-hetero) is 1. The predicted octanol–water partition coefficient (Wildman–Crippen LogP) is 5.40. The molecule has 0 radical (unpaired) electrons. The molecule has 7 amide bonds. The average Bonchev–Trinajstić information content (AvgIpc) is 4.15. The maximum atomic E-state index is 14.2. The van der Waals surface area contributed by atoms with Crippen LogP contribution in [0.15, 0.2) is 48.1 Å². The Labute approximate surface area is 504 Å². The van der Waals surface area contributed by atoms with Crippen LogP contribution in [-0.4, -0.2) is 217 Å². The molecule has 3 heterocycles. The average molecular weight is 1230 g/mol. The number of fused-ring (bicyclic) bond motifs is 5. The molecule has 4 bridgehead atoms. The number of ketones is 1. The van der Waals surface area contributed by atoms with Crippen LogP contribution >= 0.6 is 35.1 Å². The molecular formula is C58H81ClN6O17S2. The molecule has 26 heteroatoms. The number of amides is 7. The smallest absolute Gasteiger partial charge is 0.410 e. The minimum Gasteiger partial charge on any atom is -0.495 e. The second-order valence-electron chi connectivity index (χ2n) is 22.1. The number of thioether (sulfide) groups is 2. The summed E-state index contributed by atoms with van der Waals surface area (Å²) in [5.74, 6) is -2.81. The van der Waals surface area contributed by atoms with Crippen LogP contribution in [0.5, 0.6) is 5.75 Å². The number of hydrogen-bond donors (Lipinski definition) is 3. The molecule has 3 N–H and O–H groups in total. The first kappa shape index (κ1) is 67.4. The zero-order valence-electron chi connectivity index (χ0n) is 49.5. The third kappa shape index (κ3) is 17.7. The van der Waals surface area contributed by atoms with Crippen LogP contribution < -0.4 is 15.4 Å². The minimum atomic E-state index is -1.88. The summed E-state index contributed by atoms with van der Waals surface area (Å²) in [5, 5.41) is 16.5. The molecule has 0 spiro atoms. The van der Waals surface area contributed by atoms with Crippen molar-refractivity contribution in [3.63, 3.8) is 0 Å². The Morgan fingerprint density at radius 1 is 1.01 bits per heavy atom. The van der Waals surface area contributed by atoms with Gasteiger partial charge in [-0.3, -0.25) is 39.0 Å². The number of aliphatic hydroxyl groups is 1. The summed E-state index contributed by atoms with van der Waals surface area (Å²) in [4.78, 5) is 124. The topological polar surface area (TPSA) is 279 Å². The number of halogens is 1. The lowest BCUT2D eigenvalue weighted by Crippen LogP contribution is -2.63. The number of methoxy groups -OCH3 is 2. The van der Waals surface area contributed by atoms with Crippen LogP contribution in [0.25, 0.3) is 0 Å². The van der Waals surface area contributed by atoms with Crippen molar-refractivity contribution >= 4 is 87.9 Å². The van der Waals surface area contributed by atoms with E-state index in [9.17, 15) is 48.3 Å². The number of likely N-dealkylation sites (N-methyl/N-ethyl adjacent to an activating group) is 3. The van der Waals surface area contributed by atoms with Crippen LogP contribution in [0, 0.1) is 5.92 Å². The number of esters is 1. The van der Waals surface area contributed by atoms with Gasteiger partial charge >= 0.3 is 18.2 Å². The van der Waals surface area contributed by atoms with Gasteiger partial charge in [-0.2, -0.15) is 11.8 Å². The summed E-state index contributed by atoms with van der Waals surface area (Å²) in [7, 11) is 7.40. The summed E-state index contributed by atoms with van der Waals surface area (Å²) in [6, 6.07) is 2.44. The highest BCUT2D eigenvalue weighted by Crippen LogP contribution is 2.49. The fraction of sp³-hybridized carbons (Fsp3) is 0.638. The van der Waals surface area contributed by atoms with Crippen molar-refractivity contribution in [1.29, 1.82) is 0 Å². The first-order chi connectivity index (χ1) is 39.8. The molecule has 11 atom stereocenters. The van der Waals surface area contributed by atoms with E-state index in [0.717, 1.165) is 47.1 Å². The molecule has 2 aliphatic carbocycles. The van der Waals surface area contributed by atoms with Gasteiger partial charge in [0.25, 0.3) is 5.24 Å². The van der Waals surface area contributed by atoms with Crippen molar-refractivity contribution in [2.24, 2.45) is 5.92 Å². The maximum absolute atomic E-state index is 14.2. The standard InChI is InChI=1S/C58H81ClN6O17S2/c1-34-16-15-19-45(77-9)58(75)32-43(79-54(72)61-58)35(2)51-57(4,82-51)46(30-39(66)29-38-27-37(26-34)28-42(76-8)50(38)59)81-53(71)36(3)64(7)48(68)20-25-84-56(74)63(6)24-23-62(5)55(73)80-41-18-14-12-11-13-17-40(41)78-33-47(67)60-21-22-65-49(69)31-44(83-10)52(65)70/h14-16,18-19,27-28,35-36,40-41,43-46,51,75H,11-13,17,20-26,29-33H2,1-10H3,(H,60,67)(H,61,72)/b18-14+,19-15+,34-16+/t35-,36+,40?,41?,43+,44?,45-,46+,51+,57+,58+/m1/s1. The Hall–Kier alpha value is -5.70. The second kappa shape index (κ2) is 30.6. The number of nitrogens with one attached hydrogen (secondary N) is 2. The number of benzene rings is 1. The molecule has 0 aromatic heterocycles. The van der Waals surface area contributed by atoms with E-state index in [1.807, 2.05) is 25.1 Å². The van der Waals surface area contributed by atoms with E-state index in [4.69, 9.17) is 44.8 Å². The summed E-state index contributed by atoms with van der Waals surface area (Å²) in [6.45, 7) is 6.85. The molecule has 1 aromatic rings. The van der Waals surface area contributed by atoms with E-state index in [2.05, 4.69) is 10.6 Å². The molecule has 23 nitrogen and oxygen atoms in total. The normalized spacial score (nSPS) is 29.0. The molecule has 6 rings (SSSR count). The Bertz CT molecular complexity index is 2700. The predicted molar refractivity (Wildman–Crippen MR) is 313 cm³/mol. The second-order valence-corrected chi connectivity index (χ2v) is 24.6. The highest BCUT2D eigenvalue weighted by Gasteiger charge is 2.64. The van der Waals surface area contributed by atoms with Gasteiger partial charge in [0.05, 0.1) is 29.6 Å². The monoisotopic (exact) mass is 1230 g/mol. The van der Waals surface area contributed by atoms with Crippen molar-refractivity contribution in [2.45, 2.75) is 151 Å². The lowest BCUT2D eigenvalue weighted by Gasteiger charge is -2.42. The van der Waals surface area contributed by atoms with E-state index in [0.29, 0.717) is 24.2 Å². The number of carbonyl (C=O) groups is 9. The number of allylic oxidation sites excluding steroid dienone is 4. The first-order valence-electron chi connectivity index (χ1n) is 28.1. The SMILES string of the molecule is COc1cc2cc(c1Cl)CC(=O)C[C@H](OC(=O)[C@H](C)N(C)C(=O)CCSC(=O)N(C)CCN(C)C(=O)OC1/C=C/CCCCC1OCC(=O)NCCN1C(=O)CC(SC)C1=O)[C@]1(C)O[C@H]1[C@H](C)[C@@H]1C[C@@](O)(NC(=O)O1)[C@H](OC)/C=C/C=C(\C)C2. The molecule has 0 saturated carbocycles. The van der Waals surface area contributed by atoms with Crippen molar-refractivity contribution in [2.75, 3.05) is 80.2 Å². The number of nitrogens with zero attached hydrogens (tertiary/aromatic N) is 4. The van der Waals surface area contributed by atoms with E-state index >= 15 is 0 Å². The fourth-order valence-corrected chi connectivity index (χ4v) is 12.1. The summed E-state index contributed by atoms with van der Waals surface area (Å²) >= 11 is 8.98. The van der Waals surface area contributed by atoms with Crippen molar-refractivity contribution in [3.8, 4) is 5.75 Å². The molecular weight excluding hydrogens is 1150 g/mol. The number of hydrogen-bond acceptors (Lipinski definition) is 19. The van der Waals surface area contributed by atoms with Gasteiger partial charge in [0.15, 0.2) is 5.72 Å². The zero-order chi connectivity index (χ0) is 61.6. The lowest BCUT2D eigenvalue weighted by atomic mass is 9.83. The van der Waals surface area contributed by atoms with E-state index < -0.39 is 95.1 Å². The fourth-order valence-electron chi connectivity index (χ4n) is 10.5. The van der Waals surface area contributed by atoms with Gasteiger partial charge in [0, 0.05) is 98.2 Å². The Morgan fingerprint density at radius 3 is 2.45 bits per heavy atom. The van der Waals surface area contributed by atoms with Crippen LogP contribution in [0.4, 0.5) is 14.4 Å². The van der Waals surface area contributed by atoms with E-state index in [1.165, 1.54) is 61.7 Å². The number of imide groups is 1. The quantitative estimate of drug-likeness (QED) is 0.0514. The molecule has 3 saturated heterocycles. The minimum absolute atomic E-state index is 0.0558. The van der Waals surface area contributed by atoms with Gasteiger partial charge in [-0.15, -0.1) is 0 Å². The molecule has 3 unspecified atom stereocenters. The van der Waals surface area contributed by atoms with E-state index in [1.54, 1.807) is 51.4 Å². The van der Waals surface area contributed by atoms with Gasteiger partial charge < -0.3 is 58.3 Å². The van der Waals surface area contributed by atoms with Gasteiger partial charge in [0.1, 0.15) is 54.2 Å². The van der Waals surface area contributed by atoms with Crippen LogP contribution in [0.1, 0.15) is 90.2 Å². The summed E-state index contributed by atoms with van der Waals surface area (Å²) in [5.41, 5.74) is -0.972. The zero-order valence-corrected chi connectivity index (χ0v) is 51.9. The van der Waals surface area contributed by atoms with Gasteiger partial charge in [-0.1, -0.05) is 72.7 Å². The Kier molecular flexibility index (Phi) is 24.6. The number of rotatable bonds is 19. The lowest BCUT2D eigenvalue weighted by molar-refractivity contribution is -0.162. The Balaban J connectivity index is 1.01. The Morgan fingerprint density at radius 2 is 1.75 bits per heavy atom. The van der Waals surface area contributed by atoms with Crippen LogP contribution in [0.3, 0.4) is 0 Å². The number of carbonyl (C=O) groups excluding carboxylic acids is 9. The van der Waals surface area contributed by atoms with Crippen molar-refractivity contribution in [3.05, 3.63) is 64.2 Å². The van der Waals surface area contributed by atoms with Crippen molar-refractivity contribution < 1.29 is 81.4 Å². The number of epoxide rings is 1.